The van der Waals surface area contributed by atoms with Crippen molar-refractivity contribution in [3.8, 4) is 0 Å². The first-order chi connectivity index (χ1) is 11.2. The molecule has 5 nitrogen and oxygen atoms in total. The third-order valence-corrected chi connectivity index (χ3v) is 6.04. The Morgan fingerprint density at radius 1 is 1.39 bits per heavy atom. The Hall–Kier alpha value is -1.34. The van der Waals surface area contributed by atoms with Crippen LogP contribution in [0, 0.1) is 0 Å². The van der Waals surface area contributed by atoms with Crippen molar-refractivity contribution >= 4 is 29.0 Å². The van der Waals surface area contributed by atoms with Crippen molar-refractivity contribution in [1.29, 1.82) is 0 Å². The van der Waals surface area contributed by atoms with Crippen LogP contribution >= 0.6 is 23.1 Å². The smallest absolute Gasteiger partial charge is 0.230 e. The monoisotopic (exact) mass is 350 g/mol. The van der Waals surface area contributed by atoms with E-state index < -0.39 is 0 Å². The molecule has 1 aliphatic carbocycles. The van der Waals surface area contributed by atoms with E-state index in [1.54, 1.807) is 11.3 Å². The molecule has 0 saturated heterocycles. The number of aromatic nitrogens is 3. The highest BCUT2D eigenvalue weighted by atomic mass is 32.2. The zero-order valence-electron chi connectivity index (χ0n) is 13.3. The van der Waals surface area contributed by atoms with Gasteiger partial charge in [-0.25, -0.2) is 0 Å². The molecule has 3 rings (SSSR count). The molecule has 0 aromatic carbocycles. The molecule has 1 saturated carbocycles. The van der Waals surface area contributed by atoms with E-state index in [9.17, 15) is 4.79 Å². The molecular weight excluding hydrogens is 328 g/mol. The minimum atomic E-state index is 0.102. The summed E-state index contributed by atoms with van der Waals surface area (Å²) in [7, 11) is 1.96. The normalized spacial score (nSPS) is 15.7. The fraction of sp³-hybridized carbons (Fsp3) is 0.562. The maximum absolute atomic E-state index is 12.1. The molecule has 2 aromatic heterocycles. The van der Waals surface area contributed by atoms with Gasteiger partial charge in [0.15, 0.2) is 5.16 Å². The molecule has 2 aromatic rings. The summed E-state index contributed by atoms with van der Waals surface area (Å²) in [5, 5.41) is 14.5. The van der Waals surface area contributed by atoms with Gasteiger partial charge in [0.1, 0.15) is 5.82 Å². The van der Waals surface area contributed by atoms with E-state index in [0.29, 0.717) is 11.8 Å². The highest BCUT2D eigenvalue weighted by molar-refractivity contribution is 7.99. The van der Waals surface area contributed by atoms with Crippen LogP contribution in [0.25, 0.3) is 0 Å². The van der Waals surface area contributed by atoms with Gasteiger partial charge in [0.25, 0.3) is 0 Å². The highest BCUT2D eigenvalue weighted by Gasteiger charge is 2.17. The van der Waals surface area contributed by atoms with Crippen LogP contribution in [0.1, 0.15) is 42.8 Å². The number of carbonyl (C=O) groups is 1. The van der Waals surface area contributed by atoms with E-state index in [-0.39, 0.29) is 5.91 Å². The number of thioether (sulfide) groups is 1. The van der Waals surface area contributed by atoms with Crippen molar-refractivity contribution < 1.29 is 4.79 Å². The van der Waals surface area contributed by atoms with Crippen molar-refractivity contribution in [2.45, 2.75) is 49.7 Å². The number of hydrogen-bond acceptors (Lipinski definition) is 5. The Labute approximate surface area is 144 Å². The third kappa shape index (κ3) is 4.57. The lowest BCUT2D eigenvalue weighted by molar-refractivity contribution is -0.119. The average Bonchev–Trinajstić information content (AvgIpc) is 3.18. The molecule has 1 amide bonds. The molecule has 23 heavy (non-hydrogen) atoms. The van der Waals surface area contributed by atoms with Gasteiger partial charge >= 0.3 is 0 Å². The van der Waals surface area contributed by atoms with Crippen molar-refractivity contribution in [3.05, 3.63) is 28.2 Å². The maximum atomic E-state index is 12.1. The minimum absolute atomic E-state index is 0.102. The largest absolute Gasteiger partial charge is 0.353 e. The number of rotatable bonds is 6. The van der Waals surface area contributed by atoms with Gasteiger partial charge in [-0.1, -0.05) is 37.1 Å². The molecule has 1 aliphatic rings. The van der Waals surface area contributed by atoms with Gasteiger partial charge in [0.2, 0.25) is 5.91 Å². The first kappa shape index (κ1) is 16.5. The van der Waals surface area contributed by atoms with Crippen LogP contribution in [0.4, 0.5) is 0 Å². The topological polar surface area (TPSA) is 59.8 Å². The van der Waals surface area contributed by atoms with E-state index in [1.807, 2.05) is 17.7 Å². The van der Waals surface area contributed by atoms with Gasteiger partial charge in [-0.2, -0.15) is 0 Å². The van der Waals surface area contributed by atoms with Gasteiger partial charge in [-0.05, 0) is 24.3 Å². The average molecular weight is 351 g/mol. The van der Waals surface area contributed by atoms with E-state index in [1.165, 1.54) is 35.9 Å². The molecule has 0 aliphatic heterocycles. The summed E-state index contributed by atoms with van der Waals surface area (Å²) >= 11 is 3.18. The number of carbonyl (C=O) groups excluding carboxylic acids is 1. The number of amides is 1. The summed E-state index contributed by atoms with van der Waals surface area (Å²) in [5.41, 5.74) is 0. The van der Waals surface area contributed by atoms with Crippen molar-refractivity contribution in [2.75, 3.05) is 5.75 Å². The lowest BCUT2D eigenvalue weighted by Crippen LogP contribution is -2.37. The van der Waals surface area contributed by atoms with Gasteiger partial charge in [-0.15, -0.1) is 21.5 Å². The summed E-state index contributed by atoms with van der Waals surface area (Å²) in [6.07, 6.45) is 6.78. The molecule has 7 heteroatoms. The molecule has 1 N–H and O–H groups in total. The number of nitrogens with one attached hydrogen (secondary N) is 1. The summed E-state index contributed by atoms with van der Waals surface area (Å²) in [6.45, 7) is 0. The molecule has 124 valence electrons. The predicted octanol–water partition coefficient (Wildman–Crippen LogP) is 3.01. The predicted molar refractivity (Wildman–Crippen MR) is 93.9 cm³/mol. The third-order valence-electron chi connectivity index (χ3n) is 4.14. The van der Waals surface area contributed by atoms with Crippen LogP contribution in [0.5, 0.6) is 0 Å². The number of nitrogens with zero attached hydrogens (tertiary/aromatic N) is 3. The van der Waals surface area contributed by atoms with Crippen LogP contribution in [-0.2, 0) is 18.3 Å². The lowest BCUT2D eigenvalue weighted by atomic mass is 9.95. The molecule has 0 bridgehead atoms. The summed E-state index contributed by atoms with van der Waals surface area (Å²) < 4.78 is 1.98. The zero-order valence-corrected chi connectivity index (χ0v) is 15.0. The second-order valence-electron chi connectivity index (χ2n) is 5.91. The Kier molecular flexibility index (Phi) is 5.72. The molecule has 1 fully saturated rings. The summed E-state index contributed by atoms with van der Waals surface area (Å²) in [5.74, 6) is 1.44. The quantitative estimate of drug-likeness (QED) is 0.814. The van der Waals surface area contributed by atoms with Crippen LogP contribution in [-0.4, -0.2) is 32.5 Å². The van der Waals surface area contributed by atoms with Crippen LogP contribution in [0.3, 0.4) is 0 Å². The van der Waals surface area contributed by atoms with Gasteiger partial charge in [0, 0.05) is 24.4 Å². The first-order valence-corrected chi connectivity index (χ1v) is 9.91. The zero-order chi connectivity index (χ0) is 16.1. The standard InChI is InChI=1S/C16H22N4OS2/c1-20-14(10-13-8-5-9-22-13)18-19-16(20)23-11-15(21)17-12-6-3-2-4-7-12/h5,8-9,12H,2-4,6-7,10-11H2,1H3,(H,17,21). The second-order valence-corrected chi connectivity index (χ2v) is 7.88. The van der Waals surface area contributed by atoms with E-state index in [4.69, 9.17) is 0 Å². The molecule has 2 heterocycles. The highest BCUT2D eigenvalue weighted by Crippen LogP contribution is 2.20. The van der Waals surface area contributed by atoms with E-state index in [2.05, 4.69) is 27.0 Å². The Balaban J connectivity index is 1.50. The summed E-state index contributed by atoms with van der Waals surface area (Å²) in [4.78, 5) is 13.3. The Morgan fingerprint density at radius 2 is 2.22 bits per heavy atom. The molecule has 0 unspecified atom stereocenters. The van der Waals surface area contributed by atoms with Crippen LogP contribution in [0.2, 0.25) is 0 Å². The van der Waals surface area contributed by atoms with Crippen molar-refractivity contribution in [2.24, 2.45) is 7.05 Å². The van der Waals surface area contributed by atoms with Gasteiger partial charge in [0.05, 0.1) is 5.75 Å². The maximum Gasteiger partial charge on any atom is 0.230 e. The summed E-state index contributed by atoms with van der Waals surface area (Å²) in [6, 6.07) is 4.51. The molecule has 0 atom stereocenters. The molecular formula is C16H22N4OS2. The Bertz CT molecular complexity index is 633. The van der Waals surface area contributed by atoms with E-state index in [0.717, 1.165) is 30.2 Å². The molecule has 0 radical (unpaired) electrons. The van der Waals surface area contributed by atoms with Crippen molar-refractivity contribution in [3.63, 3.8) is 0 Å². The fourth-order valence-electron chi connectivity index (χ4n) is 2.84. The van der Waals surface area contributed by atoms with Gasteiger partial charge in [-0.3, -0.25) is 4.79 Å². The Morgan fingerprint density at radius 3 is 2.96 bits per heavy atom. The van der Waals surface area contributed by atoms with Crippen LogP contribution in [0.15, 0.2) is 22.7 Å². The second kappa shape index (κ2) is 7.97. The minimum Gasteiger partial charge on any atom is -0.353 e. The lowest BCUT2D eigenvalue weighted by Gasteiger charge is -2.22. The van der Waals surface area contributed by atoms with Crippen molar-refractivity contribution in [1.82, 2.24) is 20.1 Å². The first-order valence-electron chi connectivity index (χ1n) is 8.05. The number of thiophene rings is 1. The number of hydrogen-bond donors (Lipinski definition) is 1. The fourth-order valence-corrected chi connectivity index (χ4v) is 4.28. The SMILES string of the molecule is Cn1c(Cc2cccs2)nnc1SCC(=O)NC1CCCCC1. The van der Waals surface area contributed by atoms with Gasteiger partial charge < -0.3 is 9.88 Å². The van der Waals surface area contributed by atoms with Crippen LogP contribution < -0.4 is 5.32 Å². The van der Waals surface area contributed by atoms with E-state index >= 15 is 0 Å². The molecule has 0 spiro atoms.